The smallest absolute Gasteiger partial charge is 0.148 e. The van der Waals surface area contributed by atoms with Crippen molar-refractivity contribution < 1.29 is 17.5 Å². The van der Waals surface area contributed by atoms with Crippen molar-refractivity contribution in [1.82, 2.24) is 20.3 Å². The van der Waals surface area contributed by atoms with Gasteiger partial charge in [0.05, 0.1) is 16.1 Å². The number of hydrogen-bond acceptors (Lipinski definition) is 9. The summed E-state index contributed by atoms with van der Waals surface area (Å²) in [6, 6.07) is 19.8. The second kappa shape index (κ2) is 11.9. The van der Waals surface area contributed by atoms with Crippen LogP contribution < -0.4 is 15.4 Å². The van der Waals surface area contributed by atoms with Crippen molar-refractivity contribution in [3.05, 3.63) is 95.6 Å². The van der Waals surface area contributed by atoms with E-state index in [0.717, 1.165) is 37.6 Å². The van der Waals surface area contributed by atoms with E-state index in [0.29, 0.717) is 31.3 Å². The van der Waals surface area contributed by atoms with E-state index in [2.05, 4.69) is 25.6 Å². The van der Waals surface area contributed by atoms with Gasteiger partial charge in [0.15, 0.2) is 0 Å². The van der Waals surface area contributed by atoms with E-state index >= 15 is 0 Å². The maximum absolute atomic E-state index is 13.1. The molecule has 2 aromatic heterocycles. The molecule has 0 amide bonds. The van der Waals surface area contributed by atoms with Crippen molar-refractivity contribution in [2.75, 3.05) is 23.9 Å². The Bertz CT molecular complexity index is 1670. The summed E-state index contributed by atoms with van der Waals surface area (Å²) in [4.78, 5) is 14.3. The first kappa shape index (κ1) is 26.7. The largest absolute Gasteiger partial charge is 0.489 e. The highest BCUT2D eigenvalue weighted by molar-refractivity contribution is 7.90. The topological polar surface area (TPSA) is 106 Å². The number of rotatable bonds is 11. The lowest BCUT2D eigenvalue weighted by Gasteiger charge is -2.11. The van der Waals surface area contributed by atoms with Crippen LogP contribution in [-0.2, 0) is 23.0 Å². The van der Waals surface area contributed by atoms with Gasteiger partial charge in [0.2, 0.25) is 0 Å². The van der Waals surface area contributed by atoms with Crippen LogP contribution in [0.25, 0.3) is 21.3 Å². The molecule has 5 rings (SSSR count). The summed E-state index contributed by atoms with van der Waals surface area (Å²) in [5.41, 5.74) is 3.53. The second-order valence-corrected chi connectivity index (χ2v) is 12.3. The molecule has 0 saturated carbocycles. The Labute approximate surface area is 229 Å². The molecule has 11 heteroatoms. The predicted molar refractivity (Wildman–Crippen MR) is 153 cm³/mol. The molecule has 2 N–H and O–H groups in total. The van der Waals surface area contributed by atoms with Crippen LogP contribution in [0, 0.1) is 5.82 Å². The van der Waals surface area contributed by atoms with Gasteiger partial charge in [0, 0.05) is 36.6 Å². The molecule has 0 aliphatic carbocycles. The number of thiazole rings is 1. The van der Waals surface area contributed by atoms with Crippen LogP contribution in [0.4, 0.5) is 15.9 Å². The summed E-state index contributed by atoms with van der Waals surface area (Å²) in [6.45, 7) is 1.24. The first-order valence-corrected chi connectivity index (χ1v) is 15.0. The number of aromatic nitrogens is 3. The van der Waals surface area contributed by atoms with Gasteiger partial charge in [-0.15, -0.1) is 11.3 Å². The Morgan fingerprint density at radius 3 is 2.54 bits per heavy atom. The second-order valence-electron chi connectivity index (χ2n) is 8.94. The monoisotopic (exact) mass is 563 g/mol. The first-order chi connectivity index (χ1) is 18.8. The van der Waals surface area contributed by atoms with Crippen LogP contribution in [0.1, 0.15) is 10.6 Å². The lowest BCUT2D eigenvalue weighted by molar-refractivity contribution is 0.306. The van der Waals surface area contributed by atoms with Crippen molar-refractivity contribution in [2.45, 2.75) is 13.2 Å². The predicted octanol–water partition coefficient (Wildman–Crippen LogP) is 5.35. The Hall–Kier alpha value is -3.93. The van der Waals surface area contributed by atoms with E-state index in [9.17, 15) is 12.8 Å². The standard InChI is InChI=1S/C28H26FN5O3S2/c1-39(35,36)13-12-30-16-27-31-15-26(38-27)20-4-11-25-24(14-20)28(33-18-32-25)34-22-7-9-23(10-8-22)37-17-19-2-5-21(29)6-3-19/h2-11,14-15,18,30H,12-13,16-17H2,1H3,(H,32,33,34). The van der Waals surface area contributed by atoms with Crippen LogP contribution >= 0.6 is 11.3 Å². The van der Waals surface area contributed by atoms with Gasteiger partial charge in [-0.1, -0.05) is 18.2 Å². The number of fused-ring (bicyclic) bond motifs is 1. The van der Waals surface area contributed by atoms with Crippen LogP contribution in [0.2, 0.25) is 0 Å². The first-order valence-electron chi connectivity index (χ1n) is 12.1. The number of hydrogen-bond donors (Lipinski definition) is 2. The summed E-state index contributed by atoms with van der Waals surface area (Å²) in [7, 11) is -2.99. The van der Waals surface area contributed by atoms with Crippen LogP contribution in [0.15, 0.2) is 79.3 Å². The SMILES string of the molecule is CS(=O)(=O)CCNCc1ncc(-c2ccc3ncnc(Nc4ccc(OCc5ccc(F)cc5)cc4)c3c2)s1. The minimum Gasteiger partial charge on any atom is -0.489 e. The average Bonchev–Trinajstić information content (AvgIpc) is 3.40. The summed E-state index contributed by atoms with van der Waals surface area (Å²) in [5, 5.41) is 8.24. The maximum atomic E-state index is 13.1. The molecule has 0 unspecified atom stereocenters. The van der Waals surface area contributed by atoms with Crippen LogP contribution in [0.5, 0.6) is 5.75 Å². The minimum atomic E-state index is -2.99. The Morgan fingerprint density at radius 1 is 0.974 bits per heavy atom. The van der Waals surface area contributed by atoms with Gasteiger partial charge in [-0.05, 0) is 59.7 Å². The normalized spacial score (nSPS) is 11.5. The maximum Gasteiger partial charge on any atom is 0.148 e. The molecule has 0 saturated heterocycles. The third kappa shape index (κ3) is 7.34. The Morgan fingerprint density at radius 2 is 1.77 bits per heavy atom. The minimum absolute atomic E-state index is 0.0947. The Balaban J connectivity index is 1.26. The van der Waals surface area contributed by atoms with Gasteiger partial charge in [0.1, 0.15) is 45.2 Å². The van der Waals surface area contributed by atoms with Crippen LogP contribution in [0.3, 0.4) is 0 Å². The molecule has 0 radical (unpaired) electrons. The molecule has 0 atom stereocenters. The fraction of sp³-hybridized carbons (Fsp3) is 0.179. The van der Waals surface area contributed by atoms with Crippen molar-refractivity contribution >= 4 is 43.6 Å². The molecule has 3 aromatic carbocycles. The fourth-order valence-corrected chi connectivity index (χ4v) is 5.21. The van der Waals surface area contributed by atoms with Gasteiger partial charge < -0.3 is 15.4 Å². The molecule has 0 bridgehead atoms. The quantitative estimate of drug-likeness (QED) is 0.207. The average molecular weight is 564 g/mol. The fourth-order valence-electron chi connectivity index (χ4n) is 3.81. The molecule has 2 heterocycles. The third-order valence-electron chi connectivity index (χ3n) is 5.84. The highest BCUT2D eigenvalue weighted by Crippen LogP contribution is 2.31. The third-order valence-corrected chi connectivity index (χ3v) is 7.83. The number of halogens is 1. The molecule has 200 valence electrons. The zero-order chi connectivity index (χ0) is 27.2. The van der Waals surface area contributed by atoms with E-state index in [1.54, 1.807) is 23.5 Å². The molecular weight excluding hydrogens is 537 g/mol. The van der Waals surface area contributed by atoms with Crippen LogP contribution in [-0.4, -0.2) is 41.9 Å². The van der Waals surface area contributed by atoms with Gasteiger partial charge in [-0.2, -0.15) is 0 Å². The van der Waals surface area contributed by atoms with Crippen molar-refractivity contribution in [1.29, 1.82) is 0 Å². The van der Waals surface area contributed by atoms with E-state index in [1.807, 2.05) is 48.7 Å². The molecule has 0 aliphatic rings. The molecule has 39 heavy (non-hydrogen) atoms. The number of nitrogens with zero attached hydrogens (tertiary/aromatic N) is 3. The molecular formula is C28H26FN5O3S2. The van der Waals surface area contributed by atoms with E-state index < -0.39 is 9.84 Å². The summed E-state index contributed by atoms with van der Waals surface area (Å²) >= 11 is 1.55. The zero-order valence-corrected chi connectivity index (χ0v) is 22.7. The zero-order valence-electron chi connectivity index (χ0n) is 21.1. The number of benzene rings is 3. The summed E-state index contributed by atoms with van der Waals surface area (Å²) in [6.07, 6.45) is 4.57. The van der Waals surface area contributed by atoms with Gasteiger partial charge in [-0.3, -0.25) is 0 Å². The lowest BCUT2D eigenvalue weighted by Crippen LogP contribution is -2.21. The number of ether oxygens (including phenoxy) is 1. The molecule has 8 nitrogen and oxygen atoms in total. The van der Waals surface area contributed by atoms with E-state index in [-0.39, 0.29) is 11.6 Å². The summed E-state index contributed by atoms with van der Waals surface area (Å²) in [5.74, 6) is 1.20. The van der Waals surface area contributed by atoms with Gasteiger partial charge >= 0.3 is 0 Å². The number of anilines is 2. The van der Waals surface area contributed by atoms with E-state index in [1.165, 1.54) is 24.7 Å². The molecule has 0 fully saturated rings. The Kier molecular flexibility index (Phi) is 8.10. The van der Waals surface area contributed by atoms with Crippen molar-refractivity contribution in [3.63, 3.8) is 0 Å². The molecule has 0 aliphatic heterocycles. The highest BCUT2D eigenvalue weighted by atomic mass is 32.2. The van der Waals surface area contributed by atoms with E-state index in [4.69, 9.17) is 4.74 Å². The van der Waals surface area contributed by atoms with Crippen molar-refractivity contribution in [2.24, 2.45) is 0 Å². The van der Waals surface area contributed by atoms with Crippen molar-refractivity contribution in [3.8, 4) is 16.2 Å². The number of nitrogens with one attached hydrogen (secondary N) is 2. The molecule has 5 aromatic rings. The van der Waals surface area contributed by atoms with Gasteiger partial charge in [0.25, 0.3) is 0 Å². The lowest BCUT2D eigenvalue weighted by atomic mass is 10.1. The van der Waals surface area contributed by atoms with Gasteiger partial charge in [-0.25, -0.2) is 27.8 Å². The number of sulfone groups is 1. The summed E-state index contributed by atoms with van der Waals surface area (Å²) < 4.78 is 41.5. The highest BCUT2D eigenvalue weighted by Gasteiger charge is 2.10. The molecule has 0 spiro atoms.